The van der Waals surface area contributed by atoms with Gasteiger partial charge in [0.25, 0.3) is 0 Å². The van der Waals surface area contributed by atoms with Crippen LogP contribution in [0, 0.1) is 23.7 Å². The number of rotatable bonds is 11. The lowest BCUT2D eigenvalue weighted by molar-refractivity contribution is 0.510. The molecule has 0 aliphatic carbocycles. The number of hydrogen-bond donors (Lipinski definition) is 0. The van der Waals surface area contributed by atoms with Crippen molar-refractivity contribution in [1.29, 1.82) is 0 Å². The zero-order valence-corrected chi connectivity index (χ0v) is 15.9. The maximum atomic E-state index is 2.41. The van der Waals surface area contributed by atoms with E-state index in [9.17, 15) is 0 Å². The lowest BCUT2D eigenvalue weighted by atomic mass is 9.97. The first-order chi connectivity index (χ1) is 9.52. The van der Waals surface area contributed by atoms with Crippen molar-refractivity contribution in [3.63, 3.8) is 0 Å². The van der Waals surface area contributed by atoms with Crippen molar-refractivity contribution in [2.45, 2.75) is 54.4 Å². The van der Waals surface area contributed by atoms with Crippen molar-refractivity contribution < 1.29 is 0 Å². The van der Waals surface area contributed by atoms with Crippen LogP contribution in [-0.2, 0) is 0 Å². The van der Waals surface area contributed by atoms with Crippen molar-refractivity contribution in [1.82, 2.24) is 0 Å². The van der Waals surface area contributed by atoms with Gasteiger partial charge in [-0.05, 0) is 36.5 Å². The minimum atomic E-state index is 0.719. The molecule has 0 nitrogen and oxygen atoms in total. The molecule has 2 heteroatoms. The first-order valence-corrected chi connectivity index (χ1v) is 10.6. The van der Waals surface area contributed by atoms with Crippen molar-refractivity contribution in [2.75, 3.05) is 11.5 Å². The van der Waals surface area contributed by atoms with E-state index in [4.69, 9.17) is 0 Å². The molecule has 20 heavy (non-hydrogen) atoms. The molecule has 0 N–H and O–H groups in total. The third-order valence-electron chi connectivity index (χ3n) is 3.55. The smallest absolute Gasteiger partial charge is 0.0102 e. The van der Waals surface area contributed by atoms with Gasteiger partial charge >= 0.3 is 0 Å². The van der Waals surface area contributed by atoms with E-state index < -0.39 is 0 Å². The van der Waals surface area contributed by atoms with Crippen LogP contribution >= 0.6 is 21.6 Å². The fourth-order valence-electron chi connectivity index (χ4n) is 1.82. The summed E-state index contributed by atoms with van der Waals surface area (Å²) in [5.74, 6) is 5.40. The molecule has 0 heterocycles. The molecular formula is C18H34S2. The van der Waals surface area contributed by atoms with Gasteiger partial charge in [0.05, 0.1) is 0 Å². The third kappa shape index (κ3) is 9.99. The highest BCUT2D eigenvalue weighted by Crippen LogP contribution is 2.31. The maximum absolute atomic E-state index is 2.41. The minimum absolute atomic E-state index is 0.719. The molecule has 0 bridgehead atoms. The van der Waals surface area contributed by atoms with E-state index >= 15 is 0 Å². The summed E-state index contributed by atoms with van der Waals surface area (Å²) >= 11 is 0. The highest BCUT2D eigenvalue weighted by molar-refractivity contribution is 8.76. The van der Waals surface area contributed by atoms with Crippen LogP contribution in [0.4, 0.5) is 0 Å². The first-order valence-electron chi connectivity index (χ1n) is 8.10. The van der Waals surface area contributed by atoms with E-state index in [2.05, 4.69) is 87.4 Å². The summed E-state index contributed by atoms with van der Waals surface area (Å²) in [6.07, 6.45) is 11.8. The summed E-state index contributed by atoms with van der Waals surface area (Å²) in [6.45, 7) is 13.7. The van der Waals surface area contributed by atoms with Gasteiger partial charge in [0.2, 0.25) is 0 Å². The topological polar surface area (TPSA) is 0 Å². The summed E-state index contributed by atoms with van der Waals surface area (Å²) in [6, 6.07) is 0. The van der Waals surface area contributed by atoms with Gasteiger partial charge in [0.15, 0.2) is 0 Å². The predicted molar refractivity (Wildman–Crippen MR) is 100 cm³/mol. The molecule has 0 aromatic carbocycles. The van der Waals surface area contributed by atoms with Gasteiger partial charge in [-0.2, -0.15) is 0 Å². The van der Waals surface area contributed by atoms with E-state index in [1.54, 1.807) is 0 Å². The molecule has 0 spiro atoms. The van der Waals surface area contributed by atoms with Crippen molar-refractivity contribution >= 4 is 21.6 Å². The molecule has 0 saturated heterocycles. The Labute approximate surface area is 135 Å². The molecule has 118 valence electrons. The molecule has 0 amide bonds. The molecule has 2 atom stereocenters. The fraction of sp³-hybridized carbons (Fsp3) is 0.778. The highest BCUT2D eigenvalue weighted by Gasteiger charge is 2.13. The molecule has 0 radical (unpaired) electrons. The highest BCUT2D eigenvalue weighted by atomic mass is 33.1. The van der Waals surface area contributed by atoms with Crippen LogP contribution in [0.15, 0.2) is 24.3 Å². The Bertz CT molecular complexity index is 239. The fourth-order valence-corrected chi connectivity index (χ4v) is 4.83. The van der Waals surface area contributed by atoms with Gasteiger partial charge in [0.1, 0.15) is 0 Å². The van der Waals surface area contributed by atoms with E-state index in [1.807, 2.05) is 0 Å². The van der Waals surface area contributed by atoms with E-state index in [1.165, 1.54) is 11.5 Å². The molecule has 0 aromatic heterocycles. The van der Waals surface area contributed by atoms with Crippen molar-refractivity contribution in [3.8, 4) is 0 Å². The Kier molecular flexibility index (Phi) is 13.0. The Hall–Kier alpha value is 0.180. The average Bonchev–Trinajstić information content (AvgIpc) is 2.40. The van der Waals surface area contributed by atoms with Gasteiger partial charge in [-0.15, -0.1) is 0 Å². The molecule has 0 fully saturated rings. The monoisotopic (exact) mass is 314 g/mol. The molecule has 0 aliphatic rings. The van der Waals surface area contributed by atoms with Crippen LogP contribution < -0.4 is 0 Å². The molecule has 2 unspecified atom stereocenters. The second-order valence-electron chi connectivity index (χ2n) is 6.06. The Morgan fingerprint density at radius 2 is 1.05 bits per heavy atom. The Morgan fingerprint density at radius 3 is 1.30 bits per heavy atom. The van der Waals surface area contributed by atoms with Crippen LogP contribution in [0.2, 0.25) is 0 Å². The van der Waals surface area contributed by atoms with Crippen molar-refractivity contribution in [3.05, 3.63) is 24.3 Å². The number of hydrogen-bond acceptors (Lipinski definition) is 2. The van der Waals surface area contributed by atoms with Gasteiger partial charge in [-0.25, -0.2) is 0 Å². The third-order valence-corrected chi connectivity index (χ3v) is 6.08. The lowest BCUT2D eigenvalue weighted by Gasteiger charge is -2.19. The molecule has 0 rings (SSSR count). The van der Waals surface area contributed by atoms with E-state index in [0.717, 1.165) is 36.5 Å². The van der Waals surface area contributed by atoms with Gasteiger partial charge in [0, 0.05) is 11.5 Å². The second-order valence-corrected chi connectivity index (χ2v) is 8.61. The summed E-state index contributed by atoms with van der Waals surface area (Å²) in [7, 11) is 4.10. The van der Waals surface area contributed by atoms with E-state index in [0.29, 0.717) is 0 Å². The maximum Gasteiger partial charge on any atom is 0.0102 e. The molecule has 0 aromatic rings. The molecule has 0 saturated carbocycles. The zero-order valence-electron chi connectivity index (χ0n) is 14.3. The molecule has 0 aliphatic heterocycles. The van der Waals surface area contributed by atoms with Crippen LogP contribution in [0.5, 0.6) is 0 Å². The summed E-state index contributed by atoms with van der Waals surface area (Å²) in [5, 5.41) is 0. The van der Waals surface area contributed by atoms with Crippen molar-refractivity contribution in [2.24, 2.45) is 23.7 Å². The molecular weight excluding hydrogens is 280 g/mol. The predicted octanol–water partition coefficient (Wildman–Crippen LogP) is 6.84. The van der Waals surface area contributed by atoms with Crippen LogP contribution in [0.3, 0.4) is 0 Å². The lowest BCUT2D eigenvalue weighted by Crippen LogP contribution is -2.10. The standard InChI is InChI=1S/C18H34S2/c1-7-9-11-17(15(3)4)13-19-20-14-18(16(5)6)12-10-8-2/h9-12,15-18H,7-8,13-14H2,1-6H3/b11-9+,12-10+. The summed E-state index contributed by atoms with van der Waals surface area (Å²) in [5.41, 5.74) is 0. The van der Waals surface area contributed by atoms with Crippen LogP contribution in [-0.4, -0.2) is 11.5 Å². The second kappa shape index (κ2) is 12.9. The first kappa shape index (κ1) is 20.2. The Balaban J connectivity index is 4.07. The van der Waals surface area contributed by atoms with Gasteiger partial charge < -0.3 is 0 Å². The SMILES string of the molecule is CC/C=C/C(CSSCC(/C=C/CC)C(C)C)C(C)C. The largest absolute Gasteiger partial charge is 0.0935 e. The summed E-state index contributed by atoms with van der Waals surface area (Å²) in [4.78, 5) is 0. The minimum Gasteiger partial charge on any atom is -0.0935 e. The Morgan fingerprint density at radius 1 is 0.700 bits per heavy atom. The van der Waals surface area contributed by atoms with Crippen LogP contribution in [0.25, 0.3) is 0 Å². The summed E-state index contributed by atoms with van der Waals surface area (Å²) < 4.78 is 0. The van der Waals surface area contributed by atoms with E-state index in [-0.39, 0.29) is 0 Å². The normalized spacial score (nSPS) is 15.8. The average molecular weight is 315 g/mol. The quantitative estimate of drug-likeness (QED) is 0.232. The van der Waals surface area contributed by atoms with Gasteiger partial charge in [-0.1, -0.05) is 87.4 Å². The van der Waals surface area contributed by atoms with Gasteiger partial charge in [-0.3, -0.25) is 0 Å². The zero-order chi connectivity index (χ0) is 15.4. The number of allylic oxidation sites excluding steroid dienone is 4. The van der Waals surface area contributed by atoms with Crippen LogP contribution in [0.1, 0.15) is 54.4 Å².